The lowest BCUT2D eigenvalue weighted by Gasteiger charge is -2.08. The maximum absolute atomic E-state index is 12.9. The van der Waals surface area contributed by atoms with E-state index in [2.05, 4.69) is 50.0 Å². The molecule has 0 saturated heterocycles. The fourth-order valence-electron chi connectivity index (χ4n) is 4.49. The number of nitrogens with one attached hydrogen (secondary N) is 2. The molecule has 2 amide bonds. The lowest BCUT2D eigenvalue weighted by Crippen LogP contribution is -2.18. The summed E-state index contributed by atoms with van der Waals surface area (Å²) in [4.78, 5) is 26.1. The minimum Gasteiger partial charge on any atom is -0.321 e. The molecule has 0 aliphatic rings. The number of hydrogen-bond acceptors (Lipinski definition) is 4. The van der Waals surface area contributed by atoms with E-state index < -0.39 is 0 Å². The van der Waals surface area contributed by atoms with Gasteiger partial charge in [0.2, 0.25) is 0 Å². The van der Waals surface area contributed by atoms with E-state index in [0.29, 0.717) is 21.2 Å². The summed E-state index contributed by atoms with van der Waals surface area (Å²) in [5, 5.41) is 12.7. The van der Waals surface area contributed by atoms with Crippen LogP contribution in [-0.4, -0.2) is 18.0 Å². The molecule has 0 spiro atoms. The Kier molecular flexibility index (Phi) is 6.87. The van der Waals surface area contributed by atoms with Gasteiger partial charge in [0.1, 0.15) is 4.88 Å². The number of thiophene rings is 1. The maximum atomic E-state index is 12.9. The zero-order valence-electron chi connectivity index (χ0n) is 20.2. The number of carbonyl (C=O) groups excluding carboxylic acids is 2. The number of hydrazone groups is 1. The van der Waals surface area contributed by atoms with Gasteiger partial charge in [0.05, 0.1) is 11.2 Å². The summed E-state index contributed by atoms with van der Waals surface area (Å²) in [6.07, 6.45) is 1.68. The van der Waals surface area contributed by atoms with Gasteiger partial charge in [0, 0.05) is 31.4 Å². The number of carbonyl (C=O) groups is 2. The molecule has 0 radical (unpaired) electrons. The van der Waals surface area contributed by atoms with Crippen LogP contribution in [0.2, 0.25) is 5.02 Å². The van der Waals surface area contributed by atoms with E-state index in [9.17, 15) is 9.59 Å². The Morgan fingerprint density at radius 3 is 2.15 bits per heavy atom. The van der Waals surface area contributed by atoms with Gasteiger partial charge in [-0.3, -0.25) is 9.59 Å². The van der Waals surface area contributed by atoms with Crippen molar-refractivity contribution in [2.45, 2.75) is 0 Å². The Morgan fingerprint density at radius 2 is 1.46 bits per heavy atom. The van der Waals surface area contributed by atoms with Crippen molar-refractivity contribution in [3.05, 3.63) is 123 Å². The molecular formula is C31H19BrClN3O2S. The van der Waals surface area contributed by atoms with E-state index in [4.69, 9.17) is 11.6 Å². The molecule has 0 fully saturated rings. The average Bonchev–Trinajstić information content (AvgIpc) is 3.28. The average molecular weight is 613 g/mol. The minimum absolute atomic E-state index is 0.304. The Morgan fingerprint density at radius 1 is 0.795 bits per heavy atom. The molecule has 0 bridgehead atoms. The number of anilines is 1. The third kappa shape index (κ3) is 5.04. The third-order valence-electron chi connectivity index (χ3n) is 6.38. The number of nitrogens with zero attached hydrogens (tertiary/aromatic N) is 1. The van der Waals surface area contributed by atoms with Gasteiger partial charge in [0.15, 0.2) is 0 Å². The molecule has 39 heavy (non-hydrogen) atoms. The number of rotatable bonds is 5. The van der Waals surface area contributed by atoms with Crippen LogP contribution in [-0.2, 0) is 0 Å². The Bertz CT molecular complexity index is 1880. The van der Waals surface area contributed by atoms with Crippen LogP contribution >= 0.6 is 38.9 Å². The van der Waals surface area contributed by atoms with Crippen molar-refractivity contribution < 1.29 is 9.59 Å². The second kappa shape index (κ2) is 10.6. The minimum atomic E-state index is -0.355. The zero-order chi connectivity index (χ0) is 26.9. The highest BCUT2D eigenvalue weighted by Crippen LogP contribution is 2.37. The first-order valence-electron chi connectivity index (χ1n) is 12.0. The quantitative estimate of drug-likeness (QED) is 0.116. The molecule has 2 N–H and O–H groups in total. The van der Waals surface area contributed by atoms with Gasteiger partial charge in [-0.15, -0.1) is 11.3 Å². The monoisotopic (exact) mass is 611 g/mol. The standard InChI is InChI=1S/C31H19BrClN3O2S/c32-21-11-14-25-27(16-21)39-29(28(25)33)31(38)35-22-12-9-18(10-13-22)30(37)36-34-17-26-23-7-3-1-5-19(23)15-20-6-2-4-8-24(20)26/h1-17H,(H,35,38)(H,36,37)/b34-17-. The molecule has 1 heterocycles. The number of amides is 2. The number of halogens is 2. The summed E-state index contributed by atoms with van der Waals surface area (Å²) in [6.45, 7) is 0. The van der Waals surface area contributed by atoms with Crippen molar-refractivity contribution in [3.63, 3.8) is 0 Å². The molecule has 0 saturated carbocycles. The molecule has 8 heteroatoms. The SMILES string of the molecule is O=C(N/N=C\c1c2ccccc2cc2ccccc12)c1ccc(NC(=O)c2sc3cc(Br)ccc3c2Cl)cc1. The van der Waals surface area contributed by atoms with Crippen molar-refractivity contribution in [3.8, 4) is 0 Å². The van der Waals surface area contributed by atoms with Crippen LogP contribution in [0.1, 0.15) is 25.6 Å². The summed E-state index contributed by atoms with van der Waals surface area (Å²) in [7, 11) is 0. The summed E-state index contributed by atoms with van der Waals surface area (Å²) in [6, 6.07) is 30.7. The summed E-state index contributed by atoms with van der Waals surface area (Å²) in [5.41, 5.74) is 4.52. The molecule has 0 atom stereocenters. The van der Waals surface area contributed by atoms with Crippen molar-refractivity contribution >= 4 is 94.2 Å². The topological polar surface area (TPSA) is 70.6 Å². The van der Waals surface area contributed by atoms with Crippen LogP contribution in [0.5, 0.6) is 0 Å². The fourth-order valence-corrected chi connectivity index (χ4v) is 6.45. The first-order chi connectivity index (χ1) is 19.0. The Balaban J connectivity index is 1.17. The van der Waals surface area contributed by atoms with E-state index in [-0.39, 0.29) is 11.8 Å². The van der Waals surface area contributed by atoms with Crippen LogP contribution in [0.15, 0.2) is 107 Å². The smallest absolute Gasteiger partial charge is 0.271 e. The van der Waals surface area contributed by atoms with Crippen molar-refractivity contribution in [2.24, 2.45) is 5.10 Å². The predicted molar refractivity (Wildman–Crippen MR) is 165 cm³/mol. The highest BCUT2D eigenvalue weighted by molar-refractivity contribution is 9.10. The van der Waals surface area contributed by atoms with Crippen molar-refractivity contribution in [2.75, 3.05) is 5.32 Å². The van der Waals surface area contributed by atoms with E-state index in [0.717, 1.165) is 41.7 Å². The normalized spacial score (nSPS) is 11.4. The molecule has 1 aromatic heterocycles. The summed E-state index contributed by atoms with van der Waals surface area (Å²) >= 11 is 11.2. The van der Waals surface area contributed by atoms with Gasteiger partial charge in [-0.2, -0.15) is 5.10 Å². The van der Waals surface area contributed by atoms with Crippen LogP contribution in [0, 0.1) is 0 Å². The van der Waals surface area contributed by atoms with Crippen molar-refractivity contribution in [1.82, 2.24) is 5.43 Å². The highest BCUT2D eigenvalue weighted by Gasteiger charge is 2.18. The predicted octanol–water partition coefficient (Wildman–Crippen LogP) is 8.64. The highest BCUT2D eigenvalue weighted by atomic mass is 79.9. The number of fused-ring (bicyclic) bond motifs is 3. The first kappa shape index (κ1) is 25.2. The molecule has 5 aromatic carbocycles. The zero-order valence-corrected chi connectivity index (χ0v) is 23.4. The summed E-state index contributed by atoms with van der Waals surface area (Å²) < 4.78 is 1.84. The molecule has 0 aliphatic carbocycles. The fraction of sp³-hybridized carbons (Fsp3) is 0. The van der Waals surface area contributed by atoms with Crippen LogP contribution in [0.4, 0.5) is 5.69 Å². The van der Waals surface area contributed by atoms with Crippen molar-refractivity contribution in [1.29, 1.82) is 0 Å². The van der Waals surface area contributed by atoms with Gasteiger partial charge in [0.25, 0.3) is 11.8 Å². The van der Waals surface area contributed by atoms with Gasteiger partial charge in [-0.05, 0) is 64.0 Å². The molecule has 0 aliphatic heterocycles. The molecule has 6 aromatic rings. The third-order valence-corrected chi connectivity index (χ3v) is 8.52. The van der Waals surface area contributed by atoms with Gasteiger partial charge in [-0.25, -0.2) is 5.43 Å². The van der Waals surface area contributed by atoms with Gasteiger partial charge < -0.3 is 5.32 Å². The molecule has 190 valence electrons. The lowest BCUT2D eigenvalue weighted by atomic mass is 9.97. The molecular weight excluding hydrogens is 594 g/mol. The van der Waals surface area contributed by atoms with E-state index in [1.807, 2.05) is 54.6 Å². The van der Waals surface area contributed by atoms with Gasteiger partial charge >= 0.3 is 0 Å². The lowest BCUT2D eigenvalue weighted by molar-refractivity contribution is 0.0954. The maximum Gasteiger partial charge on any atom is 0.271 e. The number of benzene rings is 5. The molecule has 6 rings (SSSR count). The second-order valence-corrected chi connectivity index (χ2v) is 11.2. The Hall–Kier alpha value is -4.04. The largest absolute Gasteiger partial charge is 0.321 e. The van der Waals surface area contributed by atoms with Gasteiger partial charge in [-0.1, -0.05) is 82.1 Å². The van der Waals surface area contributed by atoms with Crippen LogP contribution in [0.3, 0.4) is 0 Å². The second-order valence-electron chi connectivity index (χ2n) is 8.85. The van der Waals surface area contributed by atoms with E-state index in [1.54, 1.807) is 30.5 Å². The molecule has 0 unspecified atom stereocenters. The Labute approximate surface area is 241 Å². The van der Waals surface area contributed by atoms with Crippen LogP contribution < -0.4 is 10.7 Å². The van der Waals surface area contributed by atoms with E-state index in [1.165, 1.54) is 11.3 Å². The summed E-state index contributed by atoms with van der Waals surface area (Å²) in [5.74, 6) is -0.659. The number of hydrogen-bond donors (Lipinski definition) is 2. The van der Waals surface area contributed by atoms with E-state index >= 15 is 0 Å². The molecule has 5 nitrogen and oxygen atoms in total. The van der Waals surface area contributed by atoms with Crippen LogP contribution in [0.25, 0.3) is 31.6 Å². The first-order valence-corrected chi connectivity index (χ1v) is 14.0.